The van der Waals surface area contributed by atoms with E-state index in [4.69, 9.17) is 5.14 Å². The predicted molar refractivity (Wildman–Crippen MR) is 119 cm³/mol. The molecular weight excluding hydrogens is 431 g/mol. The average Bonchev–Trinajstić information content (AvgIpc) is 3.18. The molecule has 4 rings (SSSR count). The van der Waals surface area contributed by atoms with Gasteiger partial charge in [-0.1, -0.05) is 19.3 Å². The van der Waals surface area contributed by atoms with Gasteiger partial charge in [-0.2, -0.15) is 5.10 Å². The summed E-state index contributed by atoms with van der Waals surface area (Å²) in [7, 11) is -3.82. The Morgan fingerprint density at radius 3 is 2.34 bits per heavy atom. The number of benzene rings is 2. The van der Waals surface area contributed by atoms with Gasteiger partial charge in [0.15, 0.2) is 0 Å². The van der Waals surface area contributed by atoms with Crippen LogP contribution in [0.1, 0.15) is 37.8 Å². The van der Waals surface area contributed by atoms with E-state index in [1.54, 1.807) is 35.0 Å². The summed E-state index contributed by atoms with van der Waals surface area (Å²) in [5, 5.41) is 12.9. The molecule has 9 heteroatoms. The maximum atomic E-state index is 13.4. The van der Waals surface area contributed by atoms with Crippen LogP contribution in [0.5, 0.6) is 0 Å². The van der Waals surface area contributed by atoms with E-state index in [9.17, 15) is 17.6 Å². The first-order chi connectivity index (χ1) is 15.3. The molecule has 0 spiro atoms. The normalized spacial score (nSPS) is 14.9. The van der Waals surface area contributed by atoms with Crippen LogP contribution < -0.4 is 10.5 Å². The Bertz CT molecular complexity index is 1200. The highest BCUT2D eigenvalue weighted by Gasteiger charge is 2.19. The van der Waals surface area contributed by atoms with Gasteiger partial charge in [0.1, 0.15) is 5.82 Å². The third-order valence-electron chi connectivity index (χ3n) is 5.62. The van der Waals surface area contributed by atoms with Crippen molar-refractivity contribution in [3.63, 3.8) is 0 Å². The Balaban J connectivity index is 1.64. The molecule has 3 aromatic rings. The van der Waals surface area contributed by atoms with E-state index >= 15 is 0 Å². The van der Waals surface area contributed by atoms with Crippen molar-refractivity contribution < 1.29 is 17.6 Å². The number of nitrogens with one attached hydrogen (secondary N) is 1. The molecule has 1 saturated carbocycles. The summed E-state index contributed by atoms with van der Waals surface area (Å²) in [6.45, 7) is 0. The molecule has 0 bridgehead atoms. The molecule has 1 aromatic heterocycles. The van der Waals surface area contributed by atoms with E-state index in [1.807, 2.05) is 0 Å². The van der Waals surface area contributed by atoms with Gasteiger partial charge in [-0.15, -0.1) is 0 Å². The fraction of sp³-hybridized carbons (Fsp3) is 0.304. The molecule has 32 heavy (non-hydrogen) atoms. The maximum Gasteiger partial charge on any atom is 0.238 e. The van der Waals surface area contributed by atoms with Crippen molar-refractivity contribution in [1.82, 2.24) is 15.1 Å². The number of hydrogen-bond acceptors (Lipinski definition) is 4. The quantitative estimate of drug-likeness (QED) is 0.593. The Morgan fingerprint density at radius 1 is 1.06 bits per heavy atom. The number of sulfonamides is 1. The minimum Gasteiger partial charge on any atom is -0.353 e. The second-order valence-electron chi connectivity index (χ2n) is 8.06. The molecular formula is C23H25FN4O3S. The summed E-state index contributed by atoms with van der Waals surface area (Å²) < 4.78 is 38.2. The number of nitrogens with zero attached hydrogens (tertiary/aromatic N) is 2. The minimum absolute atomic E-state index is 0.0104. The van der Waals surface area contributed by atoms with Crippen molar-refractivity contribution in [1.29, 1.82) is 0 Å². The first-order valence-corrected chi connectivity index (χ1v) is 12.1. The van der Waals surface area contributed by atoms with E-state index in [2.05, 4.69) is 10.4 Å². The zero-order valence-corrected chi connectivity index (χ0v) is 18.3. The second-order valence-corrected chi connectivity index (χ2v) is 9.62. The maximum absolute atomic E-state index is 13.4. The lowest BCUT2D eigenvalue weighted by Crippen LogP contribution is -2.37. The number of rotatable bonds is 6. The number of primary sulfonamides is 1. The van der Waals surface area contributed by atoms with E-state index < -0.39 is 10.0 Å². The van der Waals surface area contributed by atoms with Crippen LogP contribution in [-0.2, 0) is 21.2 Å². The lowest BCUT2D eigenvalue weighted by molar-refractivity contribution is -0.121. The number of halogens is 1. The third kappa shape index (κ3) is 5.23. The summed E-state index contributed by atoms with van der Waals surface area (Å²) in [5.74, 6) is -0.443. The van der Waals surface area contributed by atoms with Crippen LogP contribution in [0.25, 0.3) is 16.9 Å². The van der Waals surface area contributed by atoms with Crippen LogP contribution in [0.15, 0.2) is 59.5 Å². The smallest absolute Gasteiger partial charge is 0.238 e. The molecule has 1 aliphatic carbocycles. The summed E-state index contributed by atoms with van der Waals surface area (Å²) in [6, 6.07) is 13.9. The number of aromatic nitrogens is 2. The third-order valence-corrected chi connectivity index (χ3v) is 6.55. The van der Waals surface area contributed by atoms with Crippen LogP contribution in [0.4, 0.5) is 4.39 Å². The lowest BCUT2D eigenvalue weighted by Gasteiger charge is -2.22. The van der Waals surface area contributed by atoms with Gasteiger partial charge in [0.25, 0.3) is 0 Å². The fourth-order valence-electron chi connectivity index (χ4n) is 4.01. The van der Waals surface area contributed by atoms with E-state index in [0.29, 0.717) is 22.6 Å². The van der Waals surface area contributed by atoms with Crippen LogP contribution >= 0.6 is 0 Å². The summed E-state index contributed by atoms with van der Waals surface area (Å²) in [6.07, 6.45) is 5.58. The van der Waals surface area contributed by atoms with Gasteiger partial charge in [-0.3, -0.25) is 4.79 Å². The number of carbonyl (C=O) groups is 1. The highest BCUT2D eigenvalue weighted by molar-refractivity contribution is 7.89. The molecule has 1 aliphatic rings. The zero-order valence-electron chi connectivity index (χ0n) is 17.5. The fourth-order valence-corrected chi connectivity index (χ4v) is 4.52. The van der Waals surface area contributed by atoms with Gasteiger partial charge in [0.05, 0.1) is 28.4 Å². The molecule has 1 fully saturated rings. The largest absolute Gasteiger partial charge is 0.353 e. The van der Waals surface area contributed by atoms with Crippen LogP contribution in [-0.4, -0.2) is 30.1 Å². The van der Waals surface area contributed by atoms with Crippen LogP contribution in [0.3, 0.4) is 0 Å². The minimum atomic E-state index is -3.82. The molecule has 1 heterocycles. The first kappa shape index (κ1) is 22.2. The van der Waals surface area contributed by atoms with E-state index in [0.717, 1.165) is 25.7 Å². The number of nitrogens with two attached hydrogens (primary N) is 1. The van der Waals surface area contributed by atoms with Crippen LogP contribution in [0, 0.1) is 5.82 Å². The molecule has 0 unspecified atom stereocenters. The molecule has 168 valence electrons. The molecule has 1 amide bonds. The molecule has 0 radical (unpaired) electrons. The zero-order chi connectivity index (χ0) is 22.7. The van der Waals surface area contributed by atoms with Gasteiger partial charge in [0.2, 0.25) is 15.9 Å². The Labute approximate surface area is 186 Å². The molecule has 0 atom stereocenters. The van der Waals surface area contributed by atoms with E-state index in [1.165, 1.54) is 30.7 Å². The predicted octanol–water partition coefficient (Wildman–Crippen LogP) is 3.32. The van der Waals surface area contributed by atoms with Gasteiger partial charge >= 0.3 is 0 Å². The molecule has 3 N–H and O–H groups in total. The summed E-state index contributed by atoms with van der Waals surface area (Å²) in [5.41, 5.74) is 2.53. The molecule has 0 aliphatic heterocycles. The number of carbonyl (C=O) groups excluding carboxylic acids is 1. The average molecular weight is 457 g/mol. The topological polar surface area (TPSA) is 107 Å². The second kappa shape index (κ2) is 9.22. The monoisotopic (exact) mass is 456 g/mol. The van der Waals surface area contributed by atoms with Crippen molar-refractivity contribution in [2.75, 3.05) is 0 Å². The van der Waals surface area contributed by atoms with Crippen molar-refractivity contribution in [3.05, 3.63) is 66.1 Å². The Kier molecular flexibility index (Phi) is 6.38. The standard InChI is InChI=1S/C23H25FN4O3S/c24-17-8-6-16(7-9-17)22-14-19(15-23(29)26-18-4-2-1-3-5-18)27-28(22)20-10-12-21(13-11-20)32(25,30)31/h6-14,18H,1-5,15H2,(H,26,29)(H2,25,30,31). The van der Waals surface area contributed by atoms with Crippen molar-refractivity contribution in [2.45, 2.75) is 49.5 Å². The molecule has 0 saturated heterocycles. The Hall–Kier alpha value is -3.04. The molecule has 2 aromatic carbocycles. The highest BCUT2D eigenvalue weighted by atomic mass is 32.2. The SMILES string of the molecule is NS(=O)(=O)c1ccc(-n2nc(CC(=O)NC3CCCCC3)cc2-c2ccc(F)cc2)cc1. The van der Waals surface area contributed by atoms with Gasteiger partial charge in [-0.05, 0) is 67.4 Å². The van der Waals surface area contributed by atoms with Gasteiger partial charge < -0.3 is 5.32 Å². The Morgan fingerprint density at radius 2 is 1.72 bits per heavy atom. The van der Waals surface area contributed by atoms with Crippen molar-refractivity contribution in [2.24, 2.45) is 5.14 Å². The van der Waals surface area contributed by atoms with Gasteiger partial charge in [-0.25, -0.2) is 22.6 Å². The lowest BCUT2D eigenvalue weighted by atomic mass is 9.95. The van der Waals surface area contributed by atoms with Crippen LogP contribution in [0.2, 0.25) is 0 Å². The van der Waals surface area contributed by atoms with Crippen molar-refractivity contribution >= 4 is 15.9 Å². The van der Waals surface area contributed by atoms with Crippen molar-refractivity contribution in [3.8, 4) is 16.9 Å². The summed E-state index contributed by atoms with van der Waals surface area (Å²) in [4.78, 5) is 12.6. The molecule has 7 nitrogen and oxygen atoms in total. The number of hydrogen-bond donors (Lipinski definition) is 2. The van der Waals surface area contributed by atoms with Gasteiger partial charge in [0, 0.05) is 11.6 Å². The summed E-state index contributed by atoms with van der Waals surface area (Å²) >= 11 is 0. The van der Waals surface area contributed by atoms with E-state index in [-0.39, 0.29) is 29.1 Å². The number of amides is 1. The first-order valence-electron chi connectivity index (χ1n) is 10.6. The highest BCUT2D eigenvalue weighted by Crippen LogP contribution is 2.25.